The molecule has 1 atom stereocenters. The summed E-state index contributed by atoms with van der Waals surface area (Å²) in [5.74, 6) is -1.05. The van der Waals surface area contributed by atoms with Crippen LogP contribution < -0.4 is 4.90 Å². The van der Waals surface area contributed by atoms with Crippen molar-refractivity contribution in [3.63, 3.8) is 0 Å². The number of nitrogens with zero attached hydrogens (tertiary/aromatic N) is 3. The van der Waals surface area contributed by atoms with Crippen LogP contribution in [0.2, 0.25) is 0 Å². The Morgan fingerprint density at radius 2 is 1.73 bits per heavy atom. The monoisotopic (exact) mass is 530 g/mol. The van der Waals surface area contributed by atoms with Gasteiger partial charge in [-0.1, -0.05) is 12.1 Å². The Hall–Kier alpha value is -2.85. The van der Waals surface area contributed by atoms with E-state index < -0.39 is 21.9 Å². The minimum absolute atomic E-state index is 0.00750. The van der Waals surface area contributed by atoms with Crippen molar-refractivity contribution in [2.75, 3.05) is 50.8 Å². The van der Waals surface area contributed by atoms with Crippen LogP contribution in [0.15, 0.2) is 23.1 Å². The number of aromatic nitrogens is 1. The van der Waals surface area contributed by atoms with Crippen molar-refractivity contribution >= 4 is 27.6 Å². The van der Waals surface area contributed by atoms with Crippen LogP contribution in [0.1, 0.15) is 52.6 Å². The predicted molar refractivity (Wildman–Crippen MR) is 142 cm³/mol. The van der Waals surface area contributed by atoms with Gasteiger partial charge in [0, 0.05) is 56.3 Å². The quantitative estimate of drug-likeness (QED) is 0.576. The maximum absolute atomic E-state index is 13.7. The highest BCUT2D eigenvalue weighted by Crippen LogP contribution is 2.31. The van der Waals surface area contributed by atoms with Crippen LogP contribution >= 0.6 is 0 Å². The first-order chi connectivity index (χ1) is 17.6. The molecular weight excluding hydrogens is 492 g/mol. The molecule has 2 aliphatic heterocycles. The van der Waals surface area contributed by atoms with E-state index in [4.69, 9.17) is 4.74 Å². The second-order valence-electron chi connectivity index (χ2n) is 10.0. The lowest BCUT2D eigenvalue weighted by molar-refractivity contribution is -0.137. The van der Waals surface area contributed by atoms with Gasteiger partial charge in [-0.3, -0.25) is 4.79 Å². The summed E-state index contributed by atoms with van der Waals surface area (Å²) in [6.45, 7) is 12.5. The van der Waals surface area contributed by atoms with Gasteiger partial charge in [0.1, 0.15) is 10.5 Å². The summed E-state index contributed by atoms with van der Waals surface area (Å²) in [4.78, 5) is 33.2. The number of hydrogen-bond donors (Lipinski definition) is 1. The topological polar surface area (TPSA) is 103 Å². The number of aryl methyl sites for hydroxylation is 3. The molecule has 1 amide bonds. The van der Waals surface area contributed by atoms with Gasteiger partial charge in [0.15, 0.2) is 0 Å². The first-order valence-corrected chi connectivity index (χ1v) is 14.5. The number of aromatic amines is 1. The molecular formula is C27H38N4O5S. The van der Waals surface area contributed by atoms with Gasteiger partial charge in [-0.05, 0) is 64.7 Å². The normalized spacial score (nSPS) is 19.2. The number of anilines is 1. The Labute approximate surface area is 219 Å². The number of sulfonamides is 1. The van der Waals surface area contributed by atoms with Gasteiger partial charge in [-0.2, -0.15) is 4.31 Å². The van der Waals surface area contributed by atoms with Crippen molar-refractivity contribution in [3.8, 4) is 0 Å². The van der Waals surface area contributed by atoms with Gasteiger partial charge in [-0.25, -0.2) is 13.2 Å². The zero-order valence-corrected chi connectivity index (χ0v) is 23.3. The van der Waals surface area contributed by atoms with Crippen molar-refractivity contribution in [2.24, 2.45) is 5.92 Å². The van der Waals surface area contributed by atoms with Crippen LogP contribution in [0.25, 0.3) is 0 Å². The van der Waals surface area contributed by atoms with Crippen LogP contribution in [0.3, 0.4) is 0 Å². The highest BCUT2D eigenvalue weighted by Gasteiger charge is 2.39. The number of esters is 1. The maximum atomic E-state index is 13.7. The second-order valence-corrected chi connectivity index (χ2v) is 11.9. The third-order valence-electron chi connectivity index (χ3n) is 7.64. The van der Waals surface area contributed by atoms with Gasteiger partial charge in [0.25, 0.3) is 0 Å². The molecule has 4 rings (SSSR count). The molecule has 2 saturated heterocycles. The molecule has 2 aromatic rings. The Morgan fingerprint density at radius 1 is 1.03 bits per heavy atom. The molecule has 10 heteroatoms. The number of carbonyl (C=O) groups excluding carboxylic acids is 2. The molecule has 1 N–H and O–H groups in total. The third-order valence-corrected chi connectivity index (χ3v) is 9.67. The number of carbonyl (C=O) groups is 2. The maximum Gasteiger partial charge on any atom is 0.341 e. The number of H-pyrrole nitrogens is 1. The molecule has 0 aliphatic carbocycles. The lowest BCUT2D eigenvalue weighted by Crippen LogP contribution is -2.53. The molecule has 9 nitrogen and oxygen atoms in total. The fourth-order valence-corrected chi connectivity index (χ4v) is 7.46. The highest BCUT2D eigenvalue weighted by molar-refractivity contribution is 7.89. The summed E-state index contributed by atoms with van der Waals surface area (Å²) in [6, 6.07) is 6.29. The molecule has 0 spiro atoms. The van der Waals surface area contributed by atoms with E-state index in [0.29, 0.717) is 43.9 Å². The summed E-state index contributed by atoms with van der Waals surface area (Å²) < 4.78 is 33.9. The van der Waals surface area contributed by atoms with Crippen LogP contribution in [-0.4, -0.2) is 80.4 Å². The lowest BCUT2D eigenvalue weighted by Gasteiger charge is -2.40. The number of nitrogens with one attached hydrogen (secondary N) is 1. The number of piperazine rings is 1. The number of benzene rings is 1. The van der Waals surface area contributed by atoms with Gasteiger partial charge in [0.05, 0.1) is 12.5 Å². The Balaban J connectivity index is 1.47. The molecule has 0 unspecified atom stereocenters. The Morgan fingerprint density at radius 3 is 2.41 bits per heavy atom. The minimum atomic E-state index is -3.99. The Kier molecular flexibility index (Phi) is 7.99. The molecule has 0 radical (unpaired) electrons. The van der Waals surface area contributed by atoms with Crippen molar-refractivity contribution < 1.29 is 22.7 Å². The number of amides is 1. The molecule has 2 fully saturated rings. The van der Waals surface area contributed by atoms with E-state index >= 15 is 0 Å². The van der Waals surface area contributed by atoms with E-state index in [1.54, 1.807) is 20.8 Å². The third kappa shape index (κ3) is 5.27. The van der Waals surface area contributed by atoms with E-state index in [-0.39, 0.29) is 29.5 Å². The van der Waals surface area contributed by atoms with E-state index in [1.165, 1.54) is 21.1 Å². The van der Waals surface area contributed by atoms with Gasteiger partial charge >= 0.3 is 5.97 Å². The summed E-state index contributed by atoms with van der Waals surface area (Å²) in [6.07, 6.45) is 1.24. The summed E-state index contributed by atoms with van der Waals surface area (Å²) in [5, 5.41) is 0. The first-order valence-electron chi connectivity index (χ1n) is 13.0. The second kappa shape index (κ2) is 10.9. The fraction of sp³-hybridized carbons (Fsp3) is 0.556. The van der Waals surface area contributed by atoms with Gasteiger partial charge in [0.2, 0.25) is 15.9 Å². The SMILES string of the molecule is CCOC(=O)c1c(C)[nH]c(C)c1S(=O)(=O)N1CCC[C@H](C(=O)N2CCN(c3cccc(C)c3C)CC2)C1. The van der Waals surface area contributed by atoms with Crippen LogP contribution in [0.5, 0.6) is 0 Å². The Bertz CT molecular complexity index is 1280. The highest BCUT2D eigenvalue weighted by atomic mass is 32.2. The van der Waals surface area contributed by atoms with Crippen LogP contribution in [-0.2, 0) is 19.6 Å². The predicted octanol–water partition coefficient (Wildman–Crippen LogP) is 3.17. The van der Waals surface area contributed by atoms with E-state index in [1.807, 2.05) is 4.90 Å². The molecule has 1 aromatic carbocycles. The summed E-state index contributed by atoms with van der Waals surface area (Å²) >= 11 is 0. The molecule has 37 heavy (non-hydrogen) atoms. The van der Waals surface area contributed by atoms with E-state index in [2.05, 4.69) is 41.9 Å². The van der Waals surface area contributed by atoms with E-state index in [0.717, 1.165) is 13.1 Å². The lowest BCUT2D eigenvalue weighted by atomic mass is 9.97. The fourth-order valence-electron chi connectivity index (χ4n) is 5.53. The van der Waals surface area contributed by atoms with Gasteiger partial charge in [-0.15, -0.1) is 0 Å². The average molecular weight is 531 g/mol. The molecule has 0 bridgehead atoms. The zero-order valence-electron chi connectivity index (χ0n) is 22.5. The van der Waals surface area contributed by atoms with Crippen LogP contribution in [0.4, 0.5) is 5.69 Å². The van der Waals surface area contributed by atoms with Crippen molar-refractivity contribution in [1.29, 1.82) is 0 Å². The van der Waals surface area contributed by atoms with Gasteiger partial charge < -0.3 is 19.5 Å². The van der Waals surface area contributed by atoms with Crippen LogP contribution in [0, 0.1) is 33.6 Å². The number of rotatable bonds is 6. The van der Waals surface area contributed by atoms with E-state index in [9.17, 15) is 18.0 Å². The number of ether oxygens (including phenoxy) is 1. The summed E-state index contributed by atoms with van der Waals surface area (Å²) in [7, 11) is -3.99. The number of piperidine rings is 1. The van der Waals surface area contributed by atoms with Crippen molar-refractivity contribution in [1.82, 2.24) is 14.2 Å². The molecule has 3 heterocycles. The molecule has 2 aliphatic rings. The first kappa shape index (κ1) is 27.2. The summed E-state index contributed by atoms with van der Waals surface area (Å²) in [5.41, 5.74) is 4.62. The van der Waals surface area contributed by atoms with Crippen molar-refractivity contribution in [3.05, 3.63) is 46.3 Å². The smallest absolute Gasteiger partial charge is 0.341 e. The molecule has 202 valence electrons. The minimum Gasteiger partial charge on any atom is -0.462 e. The largest absolute Gasteiger partial charge is 0.462 e. The number of hydrogen-bond acceptors (Lipinski definition) is 6. The average Bonchev–Trinajstić information content (AvgIpc) is 3.20. The standard InChI is InChI=1S/C27H38N4O5S/c1-6-36-27(33)24-20(4)28-21(5)25(24)37(34,35)31-12-8-10-22(17-31)26(32)30-15-13-29(14-16-30)23-11-7-9-18(2)19(23)3/h7,9,11,22,28H,6,8,10,12-17H2,1-5H3/t22-/m0/s1. The molecule has 0 saturated carbocycles. The zero-order chi connectivity index (χ0) is 26.9. The van der Waals surface area contributed by atoms with Crippen molar-refractivity contribution in [2.45, 2.75) is 52.4 Å². The molecule has 1 aromatic heterocycles.